The number of aryl methyl sites for hydroxylation is 1. The van der Waals surface area contributed by atoms with Crippen molar-refractivity contribution in [2.45, 2.75) is 6.54 Å². The molecule has 0 atom stereocenters. The van der Waals surface area contributed by atoms with E-state index in [2.05, 4.69) is 30.9 Å². The van der Waals surface area contributed by atoms with Crippen LogP contribution in [0, 0.1) is 0 Å². The lowest BCUT2D eigenvalue weighted by atomic mass is 10.1. The Labute approximate surface area is 212 Å². The summed E-state index contributed by atoms with van der Waals surface area (Å²) in [6, 6.07) is 12.3. The summed E-state index contributed by atoms with van der Waals surface area (Å²) in [5.74, 6) is 1.76. The van der Waals surface area contributed by atoms with Gasteiger partial charge < -0.3 is 24.8 Å². The second kappa shape index (κ2) is 10.9. The van der Waals surface area contributed by atoms with Gasteiger partial charge in [0.1, 0.15) is 17.8 Å². The first-order valence-corrected chi connectivity index (χ1v) is 11.1. The van der Waals surface area contributed by atoms with Crippen LogP contribution in [-0.2, 0) is 13.6 Å². The fourth-order valence-corrected chi connectivity index (χ4v) is 3.67. The van der Waals surface area contributed by atoms with Crippen LogP contribution in [0.15, 0.2) is 48.8 Å². The smallest absolute Gasteiger partial charge is 0.274 e. The van der Waals surface area contributed by atoms with E-state index in [9.17, 15) is 4.79 Å². The number of ether oxygens (including phenoxy) is 3. The first-order chi connectivity index (χ1) is 17.4. The number of nitrogens with one attached hydrogen (secondary N) is 2. The normalized spacial score (nSPS) is 10.6. The Hall–Kier alpha value is -4.38. The molecule has 186 valence electrons. The van der Waals surface area contributed by atoms with Crippen molar-refractivity contribution in [3.8, 4) is 28.6 Å². The average Bonchev–Trinajstić information content (AvgIpc) is 3.33. The summed E-state index contributed by atoms with van der Waals surface area (Å²) in [5, 5.41) is 18.4. The van der Waals surface area contributed by atoms with E-state index in [4.69, 9.17) is 25.8 Å². The van der Waals surface area contributed by atoms with Crippen LogP contribution in [0.25, 0.3) is 11.4 Å². The van der Waals surface area contributed by atoms with Crippen molar-refractivity contribution in [3.05, 3.63) is 65.2 Å². The lowest BCUT2D eigenvalue weighted by molar-refractivity contribution is 0.0945. The highest BCUT2D eigenvalue weighted by atomic mass is 35.5. The number of benzene rings is 2. The van der Waals surface area contributed by atoms with E-state index in [-0.39, 0.29) is 17.4 Å². The quantitative estimate of drug-likeness (QED) is 0.348. The van der Waals surface area contributed by atoms with Gasteiger partial charge in [0, 0.05) is 31.3 Å². The van der Waals surface area contributed by atoms with Crippen LogP contribution in [0.3, 0.4) is 0 Å². The highest BCUT2D eigenvalue weighted by Crippen LogP contribution is 2.37. The molecule has 0 bridgehead atoms. The third kappa shape index (κ3) is 5.31. The molecule has 0 spiro atoms. The Morgan fingerprint density at radius 3 is 2.56 bits per heavy atom. The van der Waals surface area contributed by atoms with Crippen molar-refractivity contribution in [1.82, 2.24) is 30.3 Å². The minimum atomic E-state index is -0.457. The van der Waals surface area contributed by atoms with E-state index >= 15 is 0 Å². The minimum absolute atomic E-state index is 0.0512. The summed E-state index contributed by atoms with van der Waals surface area (Å²) >= 11 is 6.10. The van der Waals surface area contributed by atoms with Crippen LogP contribution in [0.4, 0.5) is 11.4 Å². The molecule has 0 aliphatic rings. The van der Waals surface area contributed by atoms with Crippen LogP contribution in [-0.4, -0.2) is 52.2 Å². The Morgan fingerprint density at radius 1 is 1.03 bits per heavy atom. The van der Waals surface area contributed by atoms with Gasteiger partial charge in [0.15, 0.2) is 22.4 Å². The van der Waals surface area contributed by atoms with Gasteiger partial charge in [0.25, 0.3) is 5.91 Å². The largest absolute Gasteiger partial charge is 0.497 e. The summed E-state index contributed by atoms with van der Waals surface area (Å²) in [4.78, 5) is 17.4. The van der Waals surface area contributed by atoms with Gasteiger partial charge in [-0.2, -0.15) is 5.10 Å². The van der Waals surface area contributed by atoms with Gasteiger partial charge in [-0.3, -0.25) is 9.48 Å². The number of halogens is 1. The molecule has 2 heterocycles. The molecule has 12 heteroatoms. The van der Waals surface area contributed by atoms with Crippen molar-refractivity contribution in [3.63, 3.8) is 0 Å². The first kappa shape index (κ1) is 24.7. The van der Waals surface area contributed by atoms with E-state index in [1.807, 2.05) is 18.2 Å². The van der Waals surface area contributed by atoms with Crippen LogP contribution in [0.5, 0.6) is 17.2 Å². The third-order valence-corrected chi connectivity index (χ3v) is 5.43. The molecule has 2 aromatic heterocycles. The summed E-state index contributed by atoms with van der Waals surface area (Å²) in [7, 11) is 6.44. The number of aromatic nitrogens is 5. The number of carbonyl (C=O) groups is 1. The molecule has 4 rings (SSSR count). The lowest BCUT2D eigenvalue weighted by Crippen LogP contribution is -2.25. The monoisotopic (exact) mass is 509 g/mol. The van der Waals surface area contributed by atoms with Crippen molar-refractivity contribution >= 4 is 28.9 Å². The van der Waals surface area contributed by atoms with E-state index in [0.717, 1.165) is 5.56 Å². The Balaban J connectivity index is 1.61. The maximum Gasteiger partial charge on any atom is 0.274 e. The van der Waals surface area contributed by atoms with Gasteiger partial charge in [-0.1, -0.05) is 17.7 Å². The molecule has 0 radical (unpaired) electrons. The molecule has 0 fully saturated rings. The number of carbonyl (C=O) groups excluding carboxylic acids is 1. The number of nitrogens with zero attached hydrogens (tertiary/aromatic N) is 5. The fourth-order valence-electron chi connectivity index (χ4n) is 3.53. The molecule has 0 saturated heterocycles. The van der Waals surface area contributed by atoms with Crippen LogP contribution >= 0.6 is 11.6 Å². The zero-order chi connectivity index (χ0) is 25.7. The number of amides is 1. The van der Waals surface area contributed by atoms with E-state index < -0.39 is 5.91 Å². The summed E-state index contributed by atoms with van der Waals surface area (Å²) in [6.07, 6.45) is 1.60. The predicted octanol–water partition coefficient (Wildman–Crippen LogP) is 3.62. The first-order valence-electron chi connectivity index (χ1n) is 10.8. The molecular formula is C24H24ClN7O4. The second-order valence-corrected chi connectivity index (χ2v) is 7.93. The standard InChI is InChI=1S/C24H24ClN7O4/c1-32-13-27-23(31-32)16-6-5-7-17(22(16)36-4)28-18-11-20(25)29-30-21(18)24(33)26-12-14-8-9-15(34-2)10-19(14)35-3/h5-11,13H,12H2,1-4H3,(H,26,33)(H,28,29). The van der Waals surface area contributed by atoms with Crippen molar-refractivity contribution in [2.24, 2.45) is 7.05 Å². The van der Waals surface area contributed by atoms with Gasteiger partial charge in [-0.05, 0) is 24.3 Å². The molecular weight excluding hydrogens is 486 g/mol. The maximum atomic E-state index is 13.1. The van der Waals surface area contributed by atoms with E-state index in [0.29, 0.717) is 40.0 Å². The Kier molecular flexibility index (Phi) is 7.50. The number of rotatable bonds is 9. The second-order valence-electron chi connectivity index (χ2n) is 7.54. The van der Waals surface area contributed by atoms with E-state index in [1.165, 1.54) is 6.07 Å². The zero-order valence-electron chi connectivity index (χ0n) is 20.1. The van der Waals surface area contributed by atoms with Crippen LogP contribution in [0.1, 0.15) is 16.1 Å². The number of hydrogen-bond acceptors (Lipinski definition) is 9. The lowest BCUT2D eigenvalue weighted by Gasteiger charge is -2.16. The highest BCUT2D eigenvalue weighted by molar-refractivity contribution is 6.29. The van der Waals surface area contributed by atoms with Crippen LogP contribution < -0.4 is 24.8 Å². The van der Waals surface area contributed by atoms with Gasteiger partial charge in [-0.15, -0.1) is 10.2 Å². The summed E-state index contributed by atoms with van der Waals surface area (Å²) in [5.41, 5.74) is 2.40. The SMILES string of the molecule is COc1ccc(CNC(=O)c2nnc(Cl)cc2Nc2cccc(-c3ncn(C)n3)c2OC)c(OC)c1. The zero-order valence-corrected chi connectivity index (χ0v) is 20.8. The third-order valence-electron chi connectivity index (χ3n) is 5.24. The molecule has 2 aromatic carbocycles. The molecule has 1 amide bonds. The van der Waals surface area contributed by atoms with Gasteiger partial charge in [0.2, 0.25) is 0 Å². The number of hydrogen-bond donors (Lipinski definition) is 2. The molecule has 0 saturated carbocycles. The topological polar surface area (TPSA) is 125 Å². The Morgan fingerprint density at radius 2 is 1.86 bits per heavy atom. The summed E-state index contributed by atoms with van der Waals surface area (Å²) in [6.45, 7) is 0.194. The molecule has 2 N–H and O–H groups in total. The van der Waals surface area contributed by atoms with Gasteiger partial charge >= 0.3 is 0 Å². The van der Waals surface area contributed by atoms with Crippen molar-refractivity contribution in [2.75, 3.05) is 26.6 Å². The molecule has 0 aliphatic heterocycles. The van der Waals surface area contributed by atoms with Crippen molar-refractivity contribution in [1.29, 1.82) is 0 Å². The maximum absolute atomic E-state index is 13.1. The number of para-hydroxylation sites is 1. The molecule has 36 heavy (non-hydrogen) atoms. The minimum Gasteiger partial charge on any atom is -0.497 e. The highest BCUT2D eigenvalue weighted by Gasteiger charge is 2.19. The average molecular weight is 510 g/mol. The van der Waals surface area contributed by atoms with E-state index in [1.54, 1.807) is 57.6 Å². The molecule has 11 nitrogen and oxygen atoms in total. The van der Waals surface area contributed by atoms with Crippen molar-refractivity contribution < 1.29 is 19.0 Å². The molecule has 0 aliphatic carbocycles. The summed E-state index contributed by atoms with van der Waals surface area (Å²) < 4.78 is 17.9. The number of methoxy groups -OCH3 is 3. The fraction of sp³-hybridized carbons (Fsp3) is 0.208. The van der Waals surface area contributed by atoms with Gasteiger partial charge in [-0.25, -0.2) is 4.98 Å². The molecule has 4 aromatic rings. The Bertz CT molecular complexity index is 1390. The van der Waals surface area contributed by atoms with Gasteiger partial charge in [0.05, 0.1) is 38.3 Å². The van der Waals surface area contributed by atoms with Crippen LogP contribution in [0.2, 0.25) is 5.15 Å². The predicted molar refractivity (Wildman–Crippen MR) is 134 cm³/mol. The molecule has 0 unspecified atom stereocenters. The number of anilines is 2.